The quantitative estimate of drug-likeness (QED) is 0.768. The van der Waals surface area contributed by atoms with Gasteiger partial charge in [0.1, 0.15) is 18.1 Å². The highest BCUT2D eigenvalue weighted by molar-refractivity contribution is 6.35. The van der Waals surface area contributed by atoms with E-state index in [0.717, 1.165) is 11.3 Å². The third-order valence-electron chi connectivity index (χ3n) is 3.03. The molecule has 1 amide bonds. The van der Waals surface area contributed by atoms with Gasteiger partial charge in [0.25, 0.3) is 5.91 Å². The van der Waals surface area contributed by atoms with E-state index in [-0.39, 0.29) is 12.5 Å². The Bertz CT molecular complexity index is 677. The Balaban J connectivity index is 1.68. The molecular weight excluding hydrogens is 337 g/mol. The van der Waals surface area contributed by atoms with E-state index < -0.39 is 0 Å². The SMILES string of the molecule is Cc1ccccc1OCCNC(=O)COc1ccc(Cl)cc1Cl. The molecule has 0 atom stereocenters. The standard InChI is InChI=1S/C17H17Cl2NO3/c1-12-4-2-3-5-15(12)22-9-8-20-17(21)11-23-16-7-6-13(18)10-14(16)19/h2-7,10H,8-9,11H2,1H3,(H,20,21). The second-order valence-electron chi connectivity index (χ2n) is 4.83. The number of ether oxygens (including phenoxy) is 2. The Labute approximate surface area is 145 Å². The van der Waals surface area contributed by atoms with Gasteiger partial charge in [0.15, 0.2) is 6.61 Å². The summed E-state index contributed by atoms with van der Waals surface area (Å²) in [6.07, 6.45) is 0. The van der Waals surface area contributed by atoms with Crippen LogP contribution in [0.3, 0.4) is 0 Å². The predicted octanol–water partition coefficient (Wildman–Crippen LogP) is 3.88. The van der Waals surface area contributed by atoms with Gasteiger partial charge in [0.2, 0.25) is 0 Å². The molecule has 6 heteroatoms. The Hall–Kier alpha value is -1.91. The van der Waals surface area contributed by atoms with Crippen LogP contribution >= 0.6 is 23.2 Å². The Morgan fingerprint density at radius 3 is 2.61 bits per heavy atom. The van der Waals surface area contributed by atoms with Crippen LogP contribution in [0.25, 0.3) is 0 Å². The van der Waals surface area contributed by atoms with Gasteiger partial charge >= 0.3 is 0 Å². The predicted molar refractivity (Wildman–Crippen MR) is 91.6 cm³/mol. The van der Waals surface area contributed by atoms with Crippen molar-refractivity contribution in [2.24, 2.45) is 0 Å². The fourth-order valence-electron chi connectivity index (χ4n) is 1.86. The monoisotopic (exact) mass is 353 g/mol. The third-order valence-corrected chi connectivity index (χ3v) is 3.56. The lowest BCUT2D eigenvalue weighted by atomic mass is 10.2. The number of hydrogen-bond donors (Lipinski definition) is 1. The summed E-state index contributed by atoms with van der Waals surface area (Å²) in [5.74, 6) is 0.984. The van der Waals surface area contributed by atoms with E-state index in [1.165, 1.54) is 0 Å². The zero-order valence-corrected chi connectivity index (χ0v) is 14.2. The second kappa shape index (κ2) is 8.65. The van der Waals surface area contributed by atoms with Crippen LogP contribution in [0.2, 0.25) is 10.0 Å². The fraction of sp³-hybridized carbons (Fsp3) is 0.235. The smallest absolute Gasteiger partial charge is 0.258 e. The van der Waals surface area contributed by atoms with E-state index in [0.29, 0.717) is 28.9 Å². The van der Waals surface area contributed by atoms with E-state index in [4.69, 9.17) is 32.7 Å². The largest absolute Gasteiger partial charge is 0.491 e. The molecule has 0 unspecified atom stereocenters. The van der Waals surface area contributed by atoms with Gasteiger partial charge in [0, 0.05) is 5.02 Å². The number of carbonyl (C=O) groups is 1. The van der Waals surface area contributed by atoms with Crippen molar-refractivity contribution in [3.8, 4) is 11.5 Å². The summed E-state index contributed by atoms with van der Waals surface area (Å²) in [5.41, 5.74) is 1.06. The number of aryl methyl sites for hydroxylation is 1. The molecule has 0 heterocycles. The minimum absolute atomic E-state index is 0.119. The molecule has 2 rings (SSSR count). The lowest BCUT2D eigenvalue weighted by Crippen LogP contribution is -2.32. The van der Waals surface area contributed by atoms with Crippen molar-refractivity contribution < 1.29 is 14.3 Å². The zero-order chi connectivity index (χ0) is 16.7. The highest BCUT2D eigenvalue weighted by atomic mass is 35.5. The Morgan fingerprint density at radius 2 is 1.87 bits per heavy atom. The van der Waals surface area contributed by atoms with E-state index in [2.05, 4.69) is 5.32 Å². The number of nitrogens with one attached hydrogen (secondary N) is 1. The summed E-state index contributed by atoms with van der Waals surface area (Å²) in [5, 5.41) is 3.60. The highest BCUT2D eigenvalue weighted by Crippen LogP contribution is 2.27. The normalized spacial score (nSPS) is 10.2. The van der Waals surface area contributed by atoms with Crippen LogP contribution in [0.5, 0.6) is 11.5 Å². The molecule has 1 N–H and O–H groups in total. The molecule has 0 aliphatic heterocycles. The number of carbonyl (C=O) groups excluding carboxylic acids is 1. The van der Waals surface area contributed by atoms with Crippen molar-refractivity contribution in [2.45, 2.75) is 6.92 Å². The van der Waals surface area contributed by atoms with Gasteiger partial charge in [-0.05, 0) is 36.8 Å². The molecule has 0 saturated heterocycles. The maximum Gasteiger partial charge on any atom is 0.258 e. The van der Waals surface area contributed by atoms with Crippen LogP contribution in [0.15, 0.2) is 42.5 Å². The first-order chi connectivity index (χ1) is 11.1. The summed E-state index contributed by atoms with van der Waals surface area (Å²) in [7, 11) is 0. The molecule has 0 fully saturated rings. The van der Waals surface area contributed by atoms with Crippen molar-refractivity contribution in [3.63, 3.8) is 0 Å². The molecule has 0 aliphatic rings. The van der Waals surface area contributed by atoms with Crippen molar-refractivity contribution in [1.29, 1.82) is 0 Å². The molecule has 122 valence electrons. The lowest BCUT2D eigenvalue weighted by Gasteiger charge is -2.11. The van der Waals surface area contributed by atoms with Gasteiger partial charge < -0.3 is 14.8 Å². The molecule has 0 spiro atoms. The third kappa shape index (κ3) is 5.66. The van der Waals surface area contributed by atoms with Crippen LogP contribution in [-0.2, 0) is 4.79 Å². The van der Waals surface area contributed by atoms with Gasteiger partial charge in [-0.2, -0.15) is 0 Å². The molecule has 0 saturated carbocycles. The van der Waals surface area contributed by atoms with E-state index in [9.17, 15) is 4.79 Å². The number of benzene rings is 2. The van der Waals surface area contributed by atoms with Gasteiger partial charge in [-0.15, -0.1) is 0 Å². The lowest BCUT2D eigenvalue weighted by molar-refractivity contribution is -0.123. The maximum atomic E-state index is 11.7. The number of amides is 1. The number of rotatable bonds is 7. The van der Waals surface area contributed by atoms with Crippen molar-refractivity contribution in [2.75, 3.05) is 19.8 Å². The highest BCUT2D eigenvalue weighted by Gasteiger charge is 2.06. The summed E-state index contributed by atoms with van der Waals surface area (Å²) in [6, 6.07) is 12.6. The molecule has 0 bridgehead atoms. The van der Waals surface area contributed by atoms with Crippen LogP contribution in [0, 0.1) is 6.92 Å². The Kier molecular flexibility index (Phi) is 6.56. The summed E-state index contributed by atoms with van der Waals surface area (Å²) < 4.78 is 10.9. The molecule has 4 nitrogen and oxygen atoms in total. The van der Waals surface area contributed by atoms with Gasteiger partial charge in [0.05, 0.1) is 11.6 Å². The van der Waals surface area contributed by atoms with E-state index in [1.54, 1.807) is 18.2 Å². The first-order valence-corrected chi connectivity index (χ1v) is 7.85. The van der Waals surface area contributed by atoms with Crippen molar-refractivity contribution >= 4 is 29.1 Å². The number of para-hydroxylation sites is 1. The zero-order valence-electron chi connectivity index (χ0n) is 12.6. The van der Waals surface area contributed by atoms with Crippen LogP contribution in [0.4, 0.5) is 0 Å². The molecule has 0 aliphatic carbocycles. The number of hydrogen-bond acceptors (Lipinski definition) is 3. The molecule has 0 aromatic heterocycles. The first kappa shape index (κ1) is 17.4. The topological polar surface area (TPSA) is 47.6 Å². The average Bonchev–Trinajstić information content (AvgIpc) is 2.52. The van der Waals surface area contributed by atoms with Gasteiger partial charge in [-0.25, -0.2) is 0 Å². The molecule has 23 heavy (non-hydrogen) atoms. The van der Waals surface area contributed by atoms with Crippen LogP contribution in [0.1, 0.15) is 5.56 Å². The average molecular weight is 354 g/mol. The summed E-state index contributed by atoms with van der Waals surface area (Å²) >= 11 is 11.8. The first-order valence-electron chi connectivity index (χ1n) is 7.09. The van der Waals surface area contributed by atoms with Crippen LogP contribution < -0.4 is 14.8 Å². The van der Waals surface area contributed by atoms with Gasteiger partial charge in [-0.1, -0.05) is 41.4 Å². The molecule has 2 aromatic rings. The number of halogens is 2. The van der Waals surface area contributed by atoms with Crippen molar-refractivity contribution in [1.82, 2.24) is 5.32 Å². The second-order valence-corrected chi connectivity index (χ2v) is 5.67. The fourth-order valence-corrected chi connectivity index (χ4v) is 2.32. The molecule has 0 radical (unpaired) electrons. The minimum Gasteiger partial charge on any atom is -0.491 e. The minimum atomic E-state index is -0.246. The molecular formula is C17H17Cl2NO3. The van der Waals surface area contributed by atoms with E-state index in [1.807, 2.05) is 31.2 Å². The molecule has 2 aromatic carbocycles. The van der Waals surface area contributed by atoms with Crippen molar-refractivity contribution in [3.05, 3.63) is 58.1 Å². The maximum absolute atomic E-state index is 11.7. The Morgan fingerprint density at radius 1 is 1.09 bits per heavy atom. The summed E-state index contributed by atoms with van der Waals surface area (Å²) in [4.78, 5) is 11.7. The summed E-state index contributed by atoms with van der Waals surface area (Å²) in [6.45, 7) is 2.63. The van der Waals surface area contributed by atoms with Gasteiger partial charge in [-0.3, -0.25) is 4.79 Å². The van der Waals surface area contributed by atoms with E-state index >= 15 is 0 Å². The van der Waals surface area contributed by atoms with Crippen LogP contribution in [-0.4, -0.2) is 25.7 Å².